The molecule has 1 heterocycles. The Labute approximate surface area is 135 Å². The van der Waals surface area contributed by atoms with Crippen LogP contribution in [0, 0.1) is 5.92 Å². The lowest BCUT2D eigenvalue weighted by atomic mass is 10.1. The Balaban J connectivity index is 2.01. The molecule has 0 saturated heterocycles. The van der Waals surface area contributed by atoms with Crippen LogP contribution in [0.1, 0.15) is 19.5 Å². The van der Waals surface area contributed by atoms with Gasteiger partial charge in [0, 0.05) is 18.3 Å². The maximum atomic E-state index is 12.4. The smallest absolute Gasteiger partial charge is 0.261 e. The van der Waals surface area contributed by atoms with Gasteiger partial charge in [-0.05, 0) is 30.2 Å². The molecule has 1 atom stereocenters. The van der Waals surface area contributed by atoms with Gasteiger partial charge in [0.15, 0.2) is 6.10 Å². The van der Waals surface area contributed by atoms with Gasteiger partial charge in [-0.2, -0.15) is 5.10 Å². The van der Waals surface area contributed by atoms with Crippen LogP contribution in [-0.4, -0.2) is 21.8 Å². The van der Waals surface area contributed by atoms with E-state index in [-0.39, 0.29) is 11.8 Å². The Bertz CT molecular complexity index is 640. The molecule has 1 aromatic heterocycles. The summed E-state index contributed by atoms with van der Waals surface area (Å²) in [6.07, 6.45) is 1.12. The highest BCUT2D eigenvalue weighted by atomic mass is 35.5. The first-order chi connectivity index (χ1) is 10.5. The van der Waals surface area contributed by atoms with Crippen molar-refractivity contribution in [2.24, 2.45) is 13.0 Å². The Morgan fingerprint density at radius 3 is 2.77 bits per heavy atom. The van der Waals surface area contributed by atoms with Gasteiger partial charge < -0.3 is 10.1 Å². The number of amides is 1. The maximum Gasteiger partial charge on any atom is 0.261 e. The summed E-state index contributed by atoms with van der Waals surface area (Å²) in [6.45, 7) is 4.30. The average molecular weight is 322 g/mol. The SMILES string of the molecule is CC(C)[C@@H](Oc1cccc(Cl)c1)C(=O)NCc1ccnn1C. The van der Waals surface area contributed by atoms with E-state index in [0.717, 1.165) is 5.69 Å². The lowest BCUT2D eigenvalue weighted by Gasteiger charge is -2.22. The number of carbonyl (C=O) groups is 1. The molecule has 0 bridgehead atoms. The molecule has 118 valence electrons. The molecular weight excluding hydrogens is 302 g/mol. The van der Waals surface area contributed by atoms with Gasteiger partial charge in [0.25, 0.3) is 5.91 Å². The van der Waals surface area contributed by atoms with Crippen molar-refractivity contribution in [3.05, 3.63) is 47.2 Å². The molecule has 6 heteroatoms. The van der Waals surface area contributed by atoms with Crippen LogP contribution in [0.15, 0.2) is 36.5 Å². The second-order valence-corrected chi connectivity index (χ2v) is 5.84. The van der Waals surface area contributed by atoms with E-state index >= 15 is 0 Å². The van der Waals surface area contributed by atoms with Gasteiger partial charge in [-0.1, -0.05) is 31.5 Å². The fourth-order valence-corrected chi connectivity index (χ4v) is 2.21. The van der Waals surface area contributed by atoms with E-state index in [1.165, 1.54) is 0 Å². The molecule has 0 aliphatic heterocycles. The zero-order chi connectivity index (χ0) is 16.1. The molecule has 0 aliphatic carbocycles. The van der Waals surface area contributed by atoms with Crippen molar-refractivity contribution >= 4 is 17.5 Å². The van der Waals surface area contributed by atoms with Crippen molar-refractivity contribution in [2.75, 3.05) is 0 Å². The molecule has 22 heavy (non-hydrogen) atoms. The summed E-state index contributed by atoms with van der Waals surface area (Å²) in [6, 6.07) is 8.91. The highest BCUT2D eigenvalue weighted by molar-refractivity contribution is 6.30. The van der Waals surface area contributed by atoms with E-state index in [1.807, 2.05) is 27.0 Å². The van der Waals surface area contributed by atoms with Crippen molar-refractivity contribution in [3.8, 4) is 5.75 Å². The van der Waals surface area contributed by atoms with Crippen molar-refractivity contribution in [2.45, 2.75) is 26.5 Å². The average Bonchev–Trinajstić information content (AvgIpc) is 2.87. The molecule has 5 nitrogen and oxygen atoms in total. The molecule has 1 aromatic carbocycles. The molecule has 0 fully saturated rings. The number of hydrogen-bond acceptors (Lipinski definition) is 3. The minimum Gasteiger partial charge on any atom is -0.480 e. The quantitative estimate of drug-likeness (QED) is 0.890. The highest BCUT2D eigenvalue weighted by Gasteiger charge is 2.24. The number of rotatable bonds is 6. The molecule has 1 amide bonds. The summed E-state index contributed by atoms with van der Waals surface area (Å²) in [7, 11) is 1.84. The topological polar surface area (TPSA) is 56.1 Å². The predicted octanol–water partition coefficient (Wildman–Crippen LogP) is 2.79. The second-order valence-electron chi connectivity index (χ2n) is 5.40. The first-order valence-corrected chi connectivity index (χ1v) is 7.52. The Morgan fingerprint density at radius 1 is 1.41 bits per heavy atom. The van der Waals surface area contributed by atoms with Crippen LogP contribution in [0.5, 0.6) is 5.75 Å². The van der Waals surface area contributed by atoms with Crippen LogP contribution >= 0.6 is 11.6 Å². The number of ether oxygens (including phenoxy) is 1. The van der Waals surface area contributed by atoms with Crippen LogP contribution in [0.4, 0.5) is 0 Å². The second kappa shape index (κ2) is 7.31. The minimum absolute atomic E-state index is 0.0329. The highest BCUT2D eigenvalue weighted by Crippen LogP contribution is 2.20. The number of hydrogen-bond donors (Lipinski definition) is 1. The van der Waals surface area contributed by atoms with Gasteiger partial charge in [0.05, 0.1) is 12.2 Å². The van der Waals surface area contributed by atoms with Gasteiger partial charge in [0.1, 0.15) is 5.75 Å². The maximum absolute atomic E-state index is 12.4. The summed E-state index contributed by atoms with van der Waals surface area (Å²) in [5, 5.41) is 7.53. The number of aromatic nitrogens is 2. The largest absolute Gasteiger partial charge is 0.480 e. The number of nitrogens with zero attached hydrogens (tertiary/aromatic N) is 2. The summed E-state index contributed by atoms with van der Waals surface area (Å²) in [5.74, 6) is 0.462. The number of halogens is 1. The Hall–Kier alpha value is -2.01. The summed E-state index contributed by atoms with van der Waals surface area (Å²) >= 11 is 5.94. The molecule has 2 aromatic rings. The zero-order valence-electron chi connectivity index (χ0n) is 12.9. The van der Waals surface area contributed by atoms with Crippen molar-refractivity contribution in [3.63, 3.8) is 0 Å². The fraction of sp³-hybridized carbons (Fsp3) is 0.375. The van der Waals surface area contributed by atoms with Crippen molar-refractivity contribution in [1.82, 2.24) is 15.1 Å². The number of carbonyl (C=O) groups excluding carboxylic acids is 1. The van der Waals surface area contributed by atoms with Gasteiger partial charge in [-0.25, -0.2) is 0 Å². The first-order valence-electron chi connectivity index (χ1n) is 7.14. The van der Waals surface area contributed by atoms with Gasteiger partial charge in [-0.15, -0.1) is 0 Å². The van der Waals surface area contributed by atoms with Crippen LogP contribution < -0.4 is 10.1 Å². The third kappa shape index (κ3) is 4.24. The van der Waals surface area contributed by atoms with Crippen LogP contribution in [-0.2, 0) is 18.4 Å². The van der Waals surface area contributed by atoms with E-state index < -0.39 is 6.10 Å². The molecule has 0 unspecified atom stereocenters. The Morgan fingerprint density at radius 2 is 2.18 bits per heavy atom. The Kier molecular flexibility index (Phi) is 5.44. The standard InChI is InChI=1S/C16H20ClN3O2/c1-11(2)15(22-14-6-4-5-12(17)9-14)16(21)18-10-13-7-8-19-20(13)3/h4-9,11,15H,10H2,1-3H3,(H,18,21)/t15-/m1/s1. The molecule has 0 radical (unpaired) electrons. The normalized spacial score (nSPS) is 12.2. The summed E-state index contributed by atoms with van der Waals surface area (Å²) in [5.41, 5.74) is 0.929. The van der Waals surface area contributed by atoms with E-state index in [9.17, 15) is 4.79 Å². The number of benzene rings is 1. The number of aryl methyl sites for hydroxylation is 1. The first kappa shape index (κ1) is 16.4. The lowest BCUT2D eigenvalue weighted by molar-refractivity contribution is -0.130. The van der Waals surface area contributed by atoms with Crippen LogP contribution in [0.2, 0.25) is 5.02 Å². The van der Waals surface area contributed by atoms with Gasteiger partial charge in [0.2, 0.25) is 0 Å². The van der Waals surface area contributed by atoms with Crippen LogP contribution in [0.3, 0.4) is 0 Å². The van der Waals surface area contributed by atoms with Crippen molar-refractivity contribution < 1.29 is 9.53 Å². The van der Waals surface area contributed by atoms with Gasteiger partial charge in [-0.3, -0.25) is 9.48 Å². The van der Waals surface area contributed by atoms with Crippen LogP contribution in [0.25, 0.3) is 0 Å². The zero-order valence-corrected chi connectivity index (χ0v) is 13.7. The molecule has 1 N–H and O–H groups in total. The molecule has 0 spiro atoms. The van der Waals surface area contributed by atoms with E-state index in [0.29, 0.717) is 17.3 Å². The third-order valence-electron chi connectivity index (χ3n) is 3.29. The molecular formula is C16H20ClN3O2. The predicted molar refractivity (Wildman–Crippen MR) is 85.8 cm³/mol. The van der Waals surface area contributed by atoms with E-state index in [1.54, 1.807) is 35.1 Å². The molecule has 0 aliphatic rings. The fourth-order valence-electron chi connectivity index (χ4n) is 2.03. The number of nitrogens with one attached hydrogen (secondary N) is 1. The third-order valence-corrected chi connectivity index (χ3v) is 3.52. The summed E-state index contributed by atoms with van der Waals surface area (Å²) in [4.78, 5) is 12.4. The van der Waals surface area contributed by atoms with Gasteiger partial charge >= 0.3 is 0 Å². The molecule has 2 rings (SSSR count). The van der Waals surface area contributed by atoms with E-state index in [2.05, 4.69) is 10.4 Å². The lowest BCUT2D eigenvalue weighted by Crippen LogP contribution is -2.41. The summed E-state index contributed by atoms with van der Waals surface area (Å²) < 4.78 is 7.52. The van der Waals surface area contributed by atoms with Crippen molar-refractivity contribution in [1.29, 1.82) is 0 Å². The van der Waals surface area contributed by atoms with E-state index in [4.69, 9.17) is 16.3 Å². The monoisotopic (exact) mass is 321 g/mol. The minimum atomic E-state index is -0.577. The molecule has 0 saturated carbocycles.